The molecule has 2 unspecified atom stereocenters. The van der Waals surface area contributed by atoms with Crippen LogP contribution < -0.4 is 14.6 Å². The molecular weight excluding hydrogens is 358 g/mol. The molecule has 4 rings (SSSR count). The molecule has 0 saturated carbocycles. The van der Waals surface area contributed by atoms with Gasteiger partial charge in [-0.25, -0.2) is 9.13 Å². The lowest BCUT2D eigenvalue weighted by molar-refractivity contribution is -0.632. The molecule has 8 nitrogen and oxygen atoms in total. The molecule has 0 amide bonds. The van der Waals surface area contributed by atoms with Gasteiger partial charge in [-0.05, 0) is 36.4 Å². The van der Waals surface area contributed by atoms with E-state index < -0.39 is 18.1 Å². The summed E-state index contributed by atoms with van der Waals surface area (Å²) in [5, 5.41) is 29.8. The van der Waals surface area contributed by atoms with Gasteiger partial charge in [0.05, 0.1) is 32.2 Å². The first-order valence-corrected chi connectivity index (χ1v) is 9.06. The number of imidazole rings is 1. The van der Waals surface area contributed by atoms with Gasteiger partial charge in [-0.15, -0.1) is 0 Å². The van der Waals surface area contributed by atoms with E-state index in [-0.39, 0.29) is 13.0 Å². The fraction of sp³-hybridized carbons (Fsp3) is 0.300. The van der Waals surface area contributed by atoms with Gasteiger partial charge in [0.25, 0.3) is 0 Å². The third kappa shape index (κ3) is 3.11. The molecule has 0 spiro atoms. The van der Waals surface area contributed by atoms with Gasteiger partial charge < -0.3 is 19.9 Å². The van der Waals surface area contributed by atoms with Gasteiger partial charge in [0, 0.05) is 23.8 Å². The molecule has 0 aliphatic carbocycles. The average Bonchev–Trinajstić information content (AvgIpc) is 3.20. The number of hydrogen-bond acceptors (Lipinski definition) is 6. The molecule has 2 aromatic carbocycles. The Morgan fingerprint density at radius 1 is 1.18 bits per heavy atom. The monoisotopic (exact) mass is 379 g/mol. The van der Waals surface area contributed by atoms with Crippen LogP contribution in [0.25, 0.3) is 11.0 Å². The largest absolute Gasteiger partial charge is 0.548 e. The second-order valence-corrected chi connectivity index (χ2v) is 7.00. The Balaban J connectivity index is 1.58. The lowest BCUT2D eigenvalue weighted by atomic mass is 10.2. The van der Waals surface area contributed by atoms with Gasteiger partial charge in [0.15, 0.2) is 0 Å². The molecule has 1 saturated heterocycles. The van der Waals surface area contributed by atoms with Gasteiger partial charge in [0.1, 0.15) is 16.7 Å². The summed E-state index contributed by atoms with van der Waals surface area (Å²) in [6, 6.07) is 14.3. The third-order valence-electron chi connectivity index (χ3n) is 5.19. The van der Waals surface area contributed by atoms with E-state index in [9.17, 15) is 15.0 Å². The minimum atomic E-state index is -1.18. The van der Waals surface area contributed by atoms with Crippen LogP contribution in [0, 0.1) is 0 Å². The van der Waals surface area contributed by atoms with Crippen molar-refractivity contribution >= 4 is 34.3 Å². The number of para-hydroxylation sites is 2. The summed E-state index contributed by atoms with van der Waals surface area (Å²) in [7, 11) is 3.89. The number of fused-ring (bicyclic) bond motifs is 1. The lowest BCUT2D eigenvalue weighted by Gasteiger charge is -2.27. The zero-order valence-electron chi connectivity index (χ0n) is 15.7. The number of carbonyl (C=O) groups excluding carboxylic acids is 1. The van der Waals surface area contributed by atoms with Crippen molar-refractivity contribution in [3.63, 3.8) is 0 Å². The molecule has 2 atom stereocenters. The number of benzene rings is 2. The predicted molar refractivity (Wildman–Crippen MR) is 101 cm³/mol. The quantitative estimate of drug-likeness (QED) is 0.542. The van der Waals surface area contributed by atoms with Crippen LogP contribution in [0.5, 0.6) is 0 Å². The maximum atomic E-state index is 11.3. The highest BCUT2D eigenvalue weighted by Crippen LogP contribution is 2.28. The Hall–Kier alpha value is -3.26. The van der Waals surface area contributed by atoms with E-state index in [1.165, 1.54) is 0 Å². The van der Waals surface area contributed by atoms with E-state index in [2.05, 4.69) is 10.2 Å². The van der Waals surface area contributed by atoms with Crippen molar-refractivity contribution in [2.24, 2.45) is 24.3 Å². The first kappa shape index (κ1) is 18.1. The van der Waals surface area contributed by atoms with Crippen molar-refractivity contribution in [3.05, 3.63) is 48.5 Å². The van der Waals surface area contributed by atoms with Gasteiger partial charge >= 0.3 is 5.95 Å². The summed E-state index contributed by atoms with van der Waals surface area (Å²) < 4.78 is 3.95. The number of anilines is 1. The number of aliphatic hydroxyl groups is 1. The second-order valence-electron chi connectivity index (χ2n) is 7.00. The normalized spacial score (nSPS) is 19.8. The molecule has 0 radical (unpaired) electrons. The Labute approximate surface area is 162 Å². The highest BCUT2D eigenvalue weighted by atomic mass is 16.4. The molecule has 1 N–H and O–H groups in total. The van der Waals surface area contributed by atoms with E-state index in [0.717, 1.165) is 11.0 Å². The lowest BCUT2D eigenvalue weighted by Crippen LogP contribution is -2.44. The standard InChI is InChI=1S/C20H21N5O3/c1-23-16-5-3-4-6-17(16)24(2)20(23)22-21-13-7-9-14(10-8-13)25-12-15(26)11-18(25)19(27)28/h3-10,15,18,26H,11-12H2,1-2H3. The highest BCUT2D eigenvalue weighted by Gasteiger charge is 2.31. The van der Waals surface area contributed by atoms with Crippen LogP contribution in [0.15, 0.2) is 58.8 Å². The van der Waals surface area contributed by atoms with Crippen LogP contribution in [0.1, 0.15) is 6.42 Å². The maximum absolute atomic E-state index is 11.3. The SMILES string of the molecule is Cn1c(N=Nc2ccc(N3CC(O)CC3C(=O)[O-])cc2)[n+](C)c2ccccc21. The molecule has 2 heterocycles. The first-order valence-electron chi connectivity index (χ1n) is 9.06. The average molecular weight is 379 g/mol. The number of hydrogen-bond donors (Lipinski definition) is 1. The minimum Gasteiger partial charge on any atom is -0.548 e. The summed E-state index contributed by atoms with van der Waals surface area (Å²) >= 11 is 0. The number of aliphatic carboxylic acids is 1. The van der Waals surface area contributed by atoms with E-state index in [4.69, 9.17) is 0 Å². The van der Waals surface area contributed by atoms with Gasteiger partial charge in [-0.3, -0.25) is 0 Å². The van der Waals surface area contributed by atoms with E-state index >= 15 is 0 Å². The number of aliphatic hydroxyl groups excluding tert-OH is 1. The van der Waals surface area contributed by atoms with Crippen molar-refractivity contribution in [1.82, 2.24) is 4.57 Å². The van der Waals surface area contributed by atoms with Crippen molar-refractivity contribution in [3.8, 4) is 0 Å². The molecular formula is C20H21N5O3. The van der Waals surface area contributed by atoms with E-state index in [1.54, 1.807) is 29.2 Å². The van der Waals surface area contributed by atoms with Gasteiger partial charge in [-0.1, -0.05) is 17.2 Å². The number of azo groups is 1. The summed E-state index contributed by atoms with van der Waals surface area (Å²) in [4.78, 5) is 12.9. The molecule has 28 heavy (non-hydrogen) atoms. The van der Waals surface area contributed by atoms with Crippen molar-refractivity contribution < 1.29 is 19.6 Å². The molecule has 0 bridgehead atoms. The zero-order chi connectivity index (χ0) is 19.8. The maximum Gasteiger partial charge on any atom is 0.422 e. The number of carboxylic acids is 1. The number of nitrogens with zero attached hydrogens (tertiary/aromatic N) is 5. The fourth-order valence-electron chi connectivity index (χ4n) is 3.74. The molecule has 144 valence electrons. The van der Waals surface area contributed by atoms with Gasteiger partial charge in [0.2, 0.25) is 0 Å². The Kier molecular flexibility index (Phi) is 4.56. The molecule has 1 aromatic heterocycles. The van der Waals surface area contributed by atoms with Crippen LogP contribution >= 0.6 is 0 Å². The number of carboxylic acid groups (broad SMARTS) is 1. The predicted octanol–water partition coefficient (Wildman–Crippen LogP) is 1.11. The Morgan fingerprint density at radius 2 is 1.89 bits per heavy atom. The number of rotatable bonds is 4. The van der Waals surface area contributed by atoms with E-state index in [1.807, 2.05) is 47.5 Å². The molecule has 3 aromatic rings. The topological polar surface area (TPSA) is 97.1 Å². The molecule has 1 fully saturated rings. The van der Waals surface area contributed by atoms with Crippen LogP contribution in [-0.4, -0.2) is 34.3 Å². The second kappa shape index (κ2) is 7.05. The highest BCUT2D eigenvalue weighted by molar-refractivity contribution is 5.77. The number of aromatic nitrogens is 2. The van der Waals surface area contributed by atoms with Crippen LogP contribution in [0.4, 0.5) is 17.3 Å². The summed E-state index contributed by atoms with van der Waals surface area (Å²) in [6.07, 6.45) is -0.504. The van der Waals surface area contributed by atoms with Crippen molar-refractivity contribution in [1.29, 1.82) is 0 Å². The number of aryl methyl sites for hydroxylation is 2. The Morgan fingerprint density at radius 3 is 2.57 bits per heavy atom. The molecule has 1 aliphatic rings. The van der Waals surface area contributed by atoms with Crippen LogP contribution in [-0.2, 0) is 18.9 Å². The summed E-state index contributed by atoms with van der Waals surface area (Å²) in [6.45, 7) is 0.269. The van der Waals surface area contributed by atoms with Crippen LogP contribution in [0.3, 0.4) is 0 Å². The minimum absolute atomic E-state index is 0.168. The van der Waals surface area contributed by atoms with Crippen molar-refractivity contribution in [2.45, 2.75) is 18.6 Å². The zero-order valence-corrected chi connectivity index (χ0v) is 15.7. The fourth-order valence-corrected chi connectivity index (χ4v) is 3.74. The van der Waals surface area contributed by atoms with Crippen molar-refractivity contribution in [2.75, 3.05) is 11.4 Å². The first-order chi connectivity index (χ1) is 13.5. The molecule has 1 aliphatic heterocycles. The smallest absolute Gasteiger partial charge is 0.422 e. The Bertz CT molecular complexity index is 1020. The number of β-amino-alcohol motifs (C(OH)–C–C–N with tert-alkyl or cyclic N) is 1. The summed E-state index contributed by atoms with van der Waals surface area (Å²) in [5.74, 6) is -0.464. The van der Waals surface area contributed by atoms with E-state index in [0.29, 0.717) is 17.3 Å². The van der Waals surface area contributed by atoms with Gasteiger partial charge in [-0.2, -0.15) is 0 Å². The number of carbonyl (C=O) groups is 1. The third-order valence-corrected chi connectivity index (χ3v) is 5.19. The summed E-state index contributed by atoms with van der Waals surface area (Å²) in [5.41, 5.74) is 3.49. The molecule has 8 heteroatoms. The van der Waals surface area contributed by atoms with Crippen LogP contribution in [0.2, 0.25) is 0 Å².